The molecule has 0 aliphatic rings. The van der Waals surface area contributed by atoms with Crippen molar-refractivity contribution in [2.24, 2.45) is 11.7 Å². The summed E-state index contributed by atoms with van der Waals surface area (Å²) in [5.41, 5.74) is 7.96. The van der Waals surface area contributed by atoms with Gasteiger partial charge in [-0.3, -0.25) is 4.79 Å². The van der Waals surface area contributed by atoms with Crippen LogP contribution in [0.15, 0.2) is 24.3 Å². The minimum atomic E-state index is -0.961. The van der Waals surface area contributed by atoms with E-state index in [2.05, 4.69) is 10.6 Å². The van der Waals surface area contributed by atoms with Gasteiger partial charge in [0.25, 0.3) is 5.91 Å². The summed E-state index contributed by atoms with van der Waals surface area (Å²) in [4.78, 5) is 49.7. The van der Waals surface area contributed by atoms with Crippen molar-refractivity contribution in [3.63, 3.8) is 0 Å². The van der Waals surface area contributed by atoms with Crippen molar-refractivity contribution < 1.29 is 28.7 Å². The number of amides is 3. The Balaban J connectivity index is 2.22. The number of anilines is 1. The third-order valence-electron chi connectivity index (χ3n) is 4.81. The third kappa shape index (κ3) is 7.31. The fourth-order valence-corrected chi connectivity index (χ4v) is 4.44. The zero-order valence-corrected chi connectivity index (χ0v) is 20.8. The van der Waals surface area contributed by atoms with Gasteiger partial charge in [-0.15, -0.1) is 11.3 Å². The van der Waals surface area contributed by atoms with Gasteiger partial charge in [0.15, 0.2) is 6.61 Å². The van der Waals surface area contributed by atoms with Gasteiger partial charge in [-0.25, -0.2) is 14.4 Å². The molecule has 0 saturated carbocycles. The first-order valence-electron chi connectivity index (χ1n) is 10.9. The minimum Gasteiger partial charge on any atom is -0.462 e. The Morgan fingerprint density at radius 3 is 2.26 bits per heavy atom. The van der Waals surface area contributed by atoms with Crippen LogP contribution in [-0.2, 0) is 19.1 Å². The van der Waals surface area contributed by atoms with E-state index in [-0.39, 0.29) is 18.1 Å². The highest BCUT2D eigenvalue weighted by atomic mass is 32.1. The fourth-order valence-electron chi connectivity index (χ4n) is 3.36. The van der Waals surface area contributed by atoms with E-state index in [1.807, 2.05) is 52.0 Å². The highest BCUT2D eigenvalue weighted by Gasteiger charge is 2.27. The average molecular weight is 490 g/mol. The number of benzene rings is 1. The molecule has 1 atom stereocenters. The monoisotopic (exact) mass is 489 g/mol. The highest BCUT2D eigenvalue weighted by Crippen LogP contribution is 2.40. The summed E-state index contributed by atoms with van der Waals surface area (Å²) in [7, 11) is 0. The molecule has 0 spiro atoms. The molecule has 2 aromatic rings. The summed E-state index contributed by atoms with van der Waals surface area (Å²) in [6.07, 6.45) is 0.306. The Hall–Kier alpha value is -3.40. The number of primary amides is 1. The maximum absolute atomic E-state index is 12.8. The molecule has 0 aliphatic carbocycles. The van der Waals surface area contributed by atoms with Crippen LogP contribution in [0.5, 0.6) is 0 Å². The molecule has 3 amide bonds. The summed E-state index contributed by atoms with van der Waals surface area (Å²) in [6, 6.07) is 5.86. The number of nitrogens with one attached hydrogen (secondary N) is 2. The molecule has 0 fully saturated rings. The first-order valence-corrected chi connectivity index (χ1v) is 11.7. The number of aryl methyl sites for hydroxylation is 2. The summed E-state index contributed by atoms with van der Waals surface area (Å²) in [6.45, 7) is 8.85. The largest absolute Gasteiger partial charge is 0.462 e. The standard InChI is InChI=1S/C24H31N3O6S/c1-6-32-23(30)20-19(16-9-7-14(4)8-10-16)15(5)34-21(20)27-18(28)12-33-22(29)17(11-13(2)3)26-24(25)31/h7-10,13,17H,6,11-12H2,1-5H3,(H,27,28)(H3,25,26,31). The van der Waals surface area contributed by atoms with E-state index in [1.165, 1.54) is 11.3 Å². The Morgan fingerprint density at radius 1 is 1.06 bits per heavy atom. The third-order valence-corrected chi connectivity index (χ3v) is 5.83. The van der Waals surface area contributed by atoms with Crippen molar-refractivity contribution >= 4 is 40.2 Å². The zero-order valence-electron chi connectivity index (χ0n) is 20.0. The van der Waals surface area contributed by atoms with Gasteiger partial charge in [0.1, 0.15) is 16.6 Å². The van der Waals surface area contributed by atoms with E-state index >= 15 is 0 Å². The number of hydrogen-bond acceptors (Lipinski definition) is 7. The number of ether oxygens (including phenoxy) is 2. The predicted octanol–water partition coefficient (Wildman–Crippen LogP) is 3.77. The first kappa shape index (κ1) is 26.8. The van der Waals surface area contributed by atoms with Gasteiger partial charge in [-0.2, -0.15) is 0 Å². The van der Waals surface area contributed by atoms with Crippen LogP contribution in [0.25, 0.3) is 11.1 Å². The van der Waals surface area contributed by atoms with E-state index in [0.717, 1.165) is 16.0 Å². The van der Waals surface area contributed by atoms with E-state index < -0.39 is 36.5 Å². The van der Waals surface area contributed by atoms with Crippen LogP contribution in [0.3, 0.4) is 0 Å². The number of nitrogens with two attached hydrogens (primary N) is 1. The highest BCUT2D eigenvalue weighted by molar-refractivity contribution is 7.17. The van der Waals surface area contributed by atoms with Crippen LogP contribution in [0.2, 0.25) is 0 Å². The number of esters is 2. The van der Waals surface area contributed by atoms with Crippen LogP contribution in [0.1, 0.15) is 48.0 Å². The summed E-state index contributed by atoms with van der Waals surface area (Å²) < 4.78 is 10.3. The van der Waals surface area contributed by atoms with Gasteiger partial charge in [0, 0.05) is 10.4 Å². The number of rotatable bonds is 10. The molecule has 4 N–H and O–H groups in total. The Labute approximate surface area is 203 Å². The van der Waals surface area contributed by atoms with Crippen molar-refractivity contribution in [1.82, 2.24) is 5.32 Å². The molecular formula is C24H31N3O6S. The van der Waals surface area contributed by atoms with Crippen molar-refractivity contribution in [2.45, 2.75) is 47.1 Å². The van der Waals surface area contributed by atoms with Crippen molar-refractivity contribution in [1.29, 1.82) is 0 Å². The van der Waals surface area contributed by atoms with Crippen LogP contribution in [0.4, 0.5) is 9.80 Å². The second-order valence-electron chi connectivity index (χ2n) is 8.17. The van der Waals surface area contributed by atoms with Crippen LogP contribution >= 0.6 is 11.3 Å². The molecule has 1 unspecified atom stereocenters. The van der Waals surface area contributed by atoms with Crippen LogP contribution in [-0.4, -0.2) is 43.1 Å². The number of thiophene rings is 1. The fraction of sp³-hybridized carbons (Fsp3) is 0.417. The van der Waals surface area contributed by atoms with E-state index in [9.17, 15) is 19.2 Å². The van der Waals surface area contributed by atoms with Gasteiger partial charge in [0.2, 0.25) is 0 Å². The second-order valence-corrected chi connectivity index (χ2v) is 9.40. The maximum atomic E-state index is 12.8. The Kier molecular flexibility index (Phi) is 9.61. The van der Waals surface area contributed by atoms with E-state index in [1.54, 1.807) is 6.92 Å². The molecule has 1 heterocycles. The van der Waals surface area contributed by atoms with Gasteiger partial charge >= 0.3 is 18.0 Å². The zero-order chi connectivity index (χ0) is 25.4. The summed E-state index contributed by atoms with van der Waals surface area (Å²) in [5.74, 6) is -1.87. The number of carbonyl (C=O) groups is 4. The lowest BCUT2D eigenvalue weighted by atomic mass is 10.0. The summed E-state index contributed by atoms with van der Waals surface area (Å²) >= 11 is 1.23. The Morgan fingerprint density at radius 2 is 1.71 bits per heavy atom. The molecule has 1 aromatic carbocycles. The SMILES string of the molecule is CCOC(=O)c1c(NC(=O)COC(=O)C(CC(C)C)NC(N)=O)sc(C)c1-c1ccc(C)cc1. The maximum Gasteiger partial charge on any atom is 0.341 e. The molecule has 0 radical (unpaired) electrons. The number of carbonyl (C=O) groups excluding carboxylic acids is 4. The number of urea groups is 1. The van der Waals surface area contributed by atoms with Crippen LogP contribution < -0.4 is 16.4 Å². The molecule has 10 heteroatoms. The second kappa shape index (κ2) is 12.2. The van der Waals surface area contributed by atoms with Crippen molar-refractivity contribution in [3.8, 4) is 11.1 Å². The Bertz CT molecular complexity index is 1050. The van der Waals surface area contributed by atoms with Gasteiger partial charge < -0.3 is 25.8 Å². The van der Waals surface area contributed by atoms with Gasteiger partial charge in [-0.1, -0.05) is 43.7 Å². The van der Waals surface area contributed by atoms with Gasteiger partial charge in [0.05, 0.1) is 6.61 Å². The minimum absolute atomic E-state index is 0.0830. The molecule has 0 saturated heterocycles. The van der Waals surface area contributed by atoms with Crippen molar-refractivity contribution in [2.75, 3.05) is 18.5 Å². The normalized spacial score (nSPS) is 11.6. The first-order chi connectivity index (χ1) is 16.0. The smallest absolute Gasteiger partial charge is 0.341 e. The predicted molar refractivity (Wildman–Crippen MR) is 131 cm³/mol. The topological polar surface area (TPSA) is 137 Å². The molecule has 34 heavy (non-hydrogen) atoms. The van der Waals surface area contributed by atoms with E-state index in [0.29, 0.717) is 17.0 Å². The van der Waals surface area contributed by atoms with Crippen LogP contribution in [0, 0.1) is 19.8 Å². The molecule has 184 valence electrons. The molecule has 2 rings (SSSR count). The molecule has 0 bridgehead atoms. The lowest BCUT2D eigenvalue weighted by Crippen LogP contribution is -2.45. The summed E-state index contributed by atoms with van der Waals surface area (Å²) in [5, 5.41) is 5.29. The lowest BCUT2D eigenvalue weighted by molar-refractivity contribution is -0.149. The van der Waals surface area contributed by atoms with E-state index in [4.69, 9.17) is 15.2 Å². The average Bonchev–Trinajstić information content (AvgIpc) is 3.07. The molecule has 0 aliphatic heterocycles. The molecular weight excluding hydrogens is 458 g/mol. The lowest BCUT2D eigenvalue weighted by Gasteiger charge is -2.18. The van der Waals surface area contributed by atoms with Gasteiger partial charge in [-0.05, 0) is 38.7 Å². The molecule has 9 nitrogen and oxygen atoms in total. The van der Waals surface area contributed by atoms with Crippen molar-refractivity contribution in [3.05, 3.63) is 40.3 Å². The quantitative estimate of drug-likeness (QED) is 0.435. The number of hydrogen-bond donors (Lipinski definition) is 3. The molecule has 1 aromatic heterocycles.